The predicted octanol–water partition coefficient (Wildman–Crippen LogP) is 0.864. The lowest BCUT2D eigenvalue weighted by Gasteiger charge is -2.33. The zero-order chi connectivity index (χ0) is 13.1. The molecule has 0 bridgehead atoms. The number of hydrogen-bond donors (Lipinski definition) is 1. The zero-order valence-corrected chi connectivity index (χ0v) is 11.8. The Morgan fingerprint density at radius 2 is 2.05 bits per heavy atom. The third-order valence-corrected chi connectivity index (χ3v) is 4.66. The Bertz CT molecular complexity index is 326. The van der Waals surface area contributed by atoms with Gasteiger partial charge < -0.3 is 9.84 Å². The van der Waals surface area contributed by atoms with E-state index < -0.39 is 0 Å². The van der Waals surface area contributed by atoms with E-state index in [1.807, 2.05) is 0 Å². The van der Waals surface area contributed by atoms with Crippen LogP contribution in [0.1, 0.15) is 25.7 Å². The number of likely N-dealkylation sites (tertiary alicyclic amines) is 1. The topological polar surface area (TPSA) is 35.9 Å². The molecule has 0 saturated carbocycles. The predicted molar refractivity (Wildman–Crippen MR) is 75.2 cm³/mol. The number of β-amino-alcohol motifs (C(OH)–C–C–N with tert-alkyl or cyclic N) is 1. The van der Waals surface area contributed by atoms with Gasteiger partial charge in [0.2, 0.25) is 0 Å². The van der Waals surface area contributed by atoms with Crippen LogP contribution in [0.15, 0.2) is 11.6 Å². The van der Waals surface area contributed by atoms with E-state index in [1.54, 1.807) is 5.57 Å². The van der Waals surface area contributed by atoms with Crippen molar-refractivity contribution in [2.24, 2.45) is 0 Å². The maximum absolute atomic E-state index is 10.3. The van der Waals surface area contributed by atoms with Crippen LogP contribution in [0.4, 0.5) is 0 Å². The lowest BCUT2D eigenvalue weighted by atomic mass is 9.99. The summed E-state index contributed by atoms with van der Waals surface area (Å²) in [4.78, 5) is 4.84. The summed E-state index contributed by atoms with van der Waals surface area (Å²) in [5.41, 5.74) is 1.58. The molecular formula is C15H26N2O2. The van der Waals surface area contributed by atoms with Crippen molar-refractivity contribution >= 4 is 0 Å². The normalized spacial score (nSPS) is 34.5. The third-order valence-electron chi connectivity index (χ3n) is 4.66. The van der Waals surface area contributed by atoms with E-state index in [-0.39, 0.29) is 6.10 Å². The summed E-state index contributed by atoms with van der Waals surface area (Å²) < 4.78 is 5.40. The number of morpholine rings is 1. The van der Waals surface area contributed by atoms with Gasteiger partial charge in [0.1, 0.15) is 0 Å². The fraction of sp³-hybridized carbons (Fsp3) is 0.867. The van der Waals surface area contributed by atoms with Gasteiger partial charge in [-0.05, 0) is 25.7 Å². The van der Waals surface area contributed by atoms with E-state index in [9.17, 15) is 5.11 Å². The number of aliphatic hydroxyl groups is 1. The molecule has 0 aromatic heterocycles. The van der Waals surface area contributed by atoms with Crippen LogP contribution in [0, 0.1) is 0 Å². The van der Waals surface area contributed by atoms with E-state index in [2.05, 4.69) is 15.9 Å². The van der Waals surface area contributed by atoms with Crippen molar-refractivity contribution in [1.29, 1.82) is 0 Å². The molecule has 2 atom stereocenters. The molecule has 2 saturated heterocycles. The fourth-order valence-corrected chi connectivity index (χ4v) is 3.58. The Morgan fingerprint density at radius 3 is 2.79 bits per heavy atom. The molecule has 0 aromatic rings. The molecule has 4 nitrogen and oxygen atoms in total. The monoisotopic (exact) mass is 266 g/mol. The van der Waals surface area contributed by atoms with Gasteiger partial charge in [0.15, 0.2) is 0 Å². The summed E-state index contributed by atoms with van der Waals surface area (Å²) in [6, 6.07) is 0.313. The van der Waals surface area contributed by atoms with Crippen LogP contribution >= 0.6 is 0 Å². The Kier molecular flexibility index (Phi) is 4.53. The van der Waals surface area contributed by atoms with E-state index in [1.165, 1.54) is 25.7 Å². The van der Waals surface area contributed by atoms with Gasteiger partial charge >= 0.3 is 0 Å². The molecule has 19 heavy (non-hydrogen) atoms. The van der Waals surface area contributed by atoms with Crippen molar-refractivity contribution in [3.63, 3.8) is 0 Å². The summed E-state index contributed by atoms with van der Waals surface area (Å²) in [6.07, 6.45) is 7.42. The second kappa shape index (κ2) is 6.35. The molecule has 0 amide bonds. The Hall–Kier alpha value is -0.420. The highest BCUT2D eigenvalue weighted by atomic mass is 16.5. The number of nitrogens with zero attached hydrogens (tertiary/aromatic N) is 2. The molecule has 0 spiro atoms. The number of rotatable bonds is 3. The van der Waals surface area contributed by atoms with Crippen molar-refractivity contribution in [2.45, 2.75) is 37.8 Å². The van der Waals surface area contributed by atoms with Gasteiger partial charge in [-0.25, -0.2) is 0 Å². The van der Waals surface area contributed by atoms with Crippen LogP contribution < -0.4 is 0 Å². The molecule has 0 unspecified atom stereocenters. The number of hydrogen-bond acceptors (Lipinski definition) is 4. The molecule has 2 aliphatic heterocycles. The highest BCUT2D eigenvalue weighted by molar-refractivity contribution is 5.08. The first-order valence-electron chi connectivity index (χ1n) is 7.73. The molecule has 2 heterocycles. The van der Waals surface area contributed by atoms with Crippen LogP contribution in [0.25, 0.3) is 0 Å². The minimum Gasteiger partial charge on any atom is -0.390 e. The zero-order valence-electron chi connectivity index (χ0n) is 11.8. The van der Waals surface area contributed by atoms with Gasteiger partial charge in [0, 0.05) is 38.8 Å². The maximum Gasteiger partial charge on any atom is 0.0834 e. The highest BCUT2D eigenvalue weighted by Gasteiger charge is 2.36. The van der Waals surface area contributed by atoms with Crippen LogP contribution in [-0.2, 0) is 4.74 Å². The first kappa shape index (κ1) is 13.6. The lowest BCUT2D eigenvalue weighted by Crippen LogP contribution is -2.48. The molecule has 3 rings (SSSR count). The molecule has 4 heteroatoms. The number of aliphatic hydroxyl groups excluding tert-OH is 1. The van der Waals surface area contributed by atoms with Crippen LogP contribution in [-0.4, -0.2) is 73.0 Å². The summed E-state index contributed by atoms with van der Waals surface area (Å²) in [5.74, 6) is 0. The van der Waals surface area contributed by atoms with Crippen molar-refractivity contribution in [3.8, 4) is 0 Å². The number of allylic oxidation sites excluding steroid dienone is 1. The van der Waals surface area contributed by atoms with E-state index in [0.717, 1.165) is 45.9 Å². The lowest BCUT2D eigenvalue weighted by molar-refractivity contribution is -0.00614. The Balaban J connectivity index is 1.53. The second-order valence-electron chi connectivity index (χ2n) is 6.09. The molecule has 0 aromatic carbocycles. The van der Waals surface area contributed by atoms with E-state index in [0.29, 0.717) is 6.04 Å². The Labute approximate surface area is 116 Å². The molecule has 0 radical (unpaired) electrons. The van der Waals surface area contributed by atoms with E-state index in [4.69, 9.17) is 4.74 Å². The molecule has 3 aliphatic rings. The van der Waals surface area contributed by atoms with Gasteiger partial charge in [-0.15, -0.1) is 0 Å². The SMILES string of the molecule is O[C@H]1CN(CC2=CCCCC2)C[C@@H]1N1CCOCC1. The van der Waals surface area contributed by atoms with Crippen molar-refractivity contribution in [2.75, 3.05) is 45.9 Å². The van der Waals surface area contributed by atoms with Gasteiger partial charge in [-0.3, -0.25) is 9.80 Å². The maximum atomic E-state index is 10.3. The number of ether oxygens (including phenoxy) is 1. The minimum absolute atomic E-state index is 0.192. The van der Waals surface area contributed by atoms with Crippen LogP contribution in [0.5, 0.6) is 0 Å². The quantitative estimate of drug-likeness (QED) is 0.769. The molecule has 1 N–H and O–H groups in total. The standard InChI is InChI=1S/C15H26N2O2/c18-15-12-16(10-13-4-2-1-3-5-13)11-14(15)17-6-8-19-9-7-17/h4,14-15,18H,1-3,5-12H2/t14-,15-/m0/s1. The smallest absolute Gasteiger partial charge is 0.0834 e. The van der Waals surface area contributed by atoms with Crippen molar-refractivity contribution in [3.05, 3.63) is 11.6 Å². The summed E-state index contributed by atoms with van der Waals surface area (Å²) in [5, 5.41) is 10.3. The summed E-state index contributed by atoms with van der Waals surface area (Å²) in [7, 11) is 0. The average molecular weight is 266 g/mol. The van der Waals surface area contributed by atoms with E-state index >= 15 is 0 Å². The van der Waals surface area contributed by atoms with Crippen molar-refractivity contribution < 1.29 is 9.84 Å². The highest BCUT2D eigenvalue weighted by Crippen LogP contribution is 2.22. The fourth-order valence-electron chi connectivity index (χ4n) is 3.58. The third kappa shape index (κ3) is 3.37. The minimum atomic E-state index is -0.192. The van der Waals surface area contributed by atoms with Gasteiger partial charge in [-0.1, -0.05) is 11.6 Å². The summed E-state index contributed by atoms with van der Waals surface area (Å²) in [6.45, 7) is 6.48. The molecule has 2 fully saturated rings. The van der Waals surface area contributed by atoms with Crippen LogP contribution in [0.3, 0.4) is 0 Å². The summed E-state index contributed by atoms with van der Waals surface area (Å²) >= 11 is 0. The average Bonchev–Trinajstić information content (AvgIpc) is 2.82. The first-order valence-corrected chi connectivity index (χ1v) is 7.73. The van der Waals surface area contributed by atoms with Crippen molar-refractivity contribution in [1.82, 2.24) is 9.80 Å². The first-order chi connectivity index (χ1) is 9.33. The second-order valence-corrected chi connectivity index (χ2v) is 6.09. The molecule has 1 aliphatic carbocycles. The molecular weight excluding hydrogens is 240 g/mol. The van der Waals surface area contributed by atoms with Gasteiger partial charge in [0.25, 0.3) is 0 Å². The van der Waals surface area contributed by atoms with Gasteiger partial charge in [0.05, 0.1) is 19.3 Å². The molecule has 108 valence electrons. The Morgan fingerprint density at radius 1 is 1.21 bits per heavy atom. The van der Waals surface area contributed by atoms with Crippen LogP contribution in [0.2, 0.25) is 0 Å². The van der Waals surface area contributed by atoms with Gasteiger partial charge in [-0.2, -0.15) is 0 Å². The largest absolute Gasteiger partial charge is 0.390 e.